The van der Waals surface area contributed by atoms with Crippen molar-refractivity contribution in [3.8, 4) is 0 Å². The number of nitrogens with two attached hydrogens (primary N) is 1. The summed E-state index contributed by atoms with van der Waals surface area (Å²) >= 11 is 3.80. The Hall–Kier alpha value is -1.21. The van der Waals surface area contributed by atoms with Gasteiger partial charge in [-0.05, 0) is 65.1 Å². The smallest absolute Gasteiger partial charge is 0.337 e. The molecule has 2 aromatic rings. The second-order valence-corrected chi connectivity index (χ2v) is 6.16. The Balaban J connectivity index is 2.17. The van der Waals surface area contributed by atoms with Gasteiger partial charge in [0.25, 0.3) is 0 Å². The Kier molecular flexibility index (Phi) is 4.71. The van der Waals surface area contributed by atoms with Crippen molar-refractivity contribution < 1.29 is 9.53 Å². The summed E-state index contributed by atoms with van der Waals surface area (Å²) in [6.07, 6.45) is 0. The third-order valence-electron chi connectivity index (χ3n) is 2.48. The molecule has 0 unspecified atom stereocenters. The van der Waals surface area contributed by atoms with Crippen molar-refractivity contribution in [2.75, 3.05) is 12.8 Å². The maximum absolute atomic E-state index is 11.3. The molecule has 0 atom stereocenters. The molecule has 0 radical (unpaired) electrons. The van der Waals surface area contributed by atoms with Gasteiger partial charge in [0.1, 0.15) is 0 Å². The molecular weight excluding hydrogens is 373 g/mol. The monoisotopic (exact) mass is 385 g/mol. The van der Waals surface area contributed by atoms with Crippen LogP contribution in [0.2, 0.25) is 0 Å². The van der Waals surface area contributed by atoms with Crippen molar-refractivity contribution in [1.82, 2.24) is 0 Å². The van der Waals surface area contributed by atoms with E-state index in [-0.39, 0.29) is 5.97 Å². The molecule has 2 N–H and O–H groups in total. The van der Waals surface area contributed by atoms with Crippen LogP contribution in [0.4, 0.5) is 5.69 Å². The normalized spacial score (nSPS) is 10.2. The van der Waals surface area contributed by atoms with E-state index in [9.17, 15) is 4.79 Å². The molecule has 98 valence electrons. The molecule has 0 aliphatic heterocycles. The number of carbonyl (C=O) groups excluding carboxylic acids is 1. The summed E-state index contributed by atoms with van der Waals surface area (Å²) in [5, 5.41) is 0. The summed E-state index contributed by atoms with van der Waals surface area (Å²) in [5.74, 6) is -0.328. The third kappa shape index (κ3) is 3.63. The Morgan fingerprint density at radius 1 is 1.21 bits per heavy atom. The summed E-state index contributed by atoms with van der Waals surface area (Å²) in [6.45, 7) is 0. The van der Waals surface area contributed by atoms with Gasteiger partial charge in [-0.25, -0.2) is 4.79 Å². The second kappa shape index (κ2) is 6.29. The number of nitrogen functional groups attached to an aromatic ring is 1. The molecule has 19 heavy (non-hydrogen) atoms. The van der Waals surface area contributed by atoms with Crippen LogP contribution in [-0.4, -0.2) is 13.1 Å². The highest BCUT2D eigenvalue weighted by Gasteiger charge is 2.06. The molecule has 0 aliphatic rings. The standard InChI is InChI=1S/C14H12INO2S/c1-18-14(17)9-2-5-11(6-3-9)19-13-7-4-10(15)8-12(13)16/h2-8H,16H2,1H3. The Labute approximate surface area is 129 Å². The lowest BCUT2D eigenvalue weighted by Gasteiger charge is -2.06. The SMILES string of the molecule is COC(=O)c1ccc(Sc2ccc(I)cc2N)cc1. The fourth-order valence-electron chi connectivity index (χ4n) is 1.52. The lowest BCUT2D eigenvalue weighted by molar-refractivity contribution is 0.0600. The first-order chi connectivity index (χ1) is 9.10. The molecule has 0 saturated heterocycles. The minimum atomic E-state index is -0.328. The van der Waals surface area contributed by atoms with Crippen molar-refractivity contribution >= 4 is 46.0 Å². The number of anilines is 1. The number of esters is 1. The second-order valence-electron chi connectivity index (χ2n) is 3.80. The molecule has 2 rings (SSSR count). The summed E-state index contributed by atoms with van der Waals surface area (Å²) in [5.41, 5.74) is 7.27. The van der Waals surface area contributed by atoms with E-state index in [1.165, 1.54) is 7.11 Å². The van der Waals surface area contributed by atoms with Crippen molar-refractivity contribution in [3.05, 3.63) is 51.6 Å². The minimum Gasteiger partial charge on any atom is -0.465 e. The molecule has 0 heterocycles. The van der Waals surface area contributed by atoms with E-state index in [0.29, 0.717) is 5.56 Å². The molecule has 0 spiro atoms. The van der Waals surface area contributed by atoms with Gasteiger partial charge >= 0.3 is 5.97 Å². The molecule has 2 aromatic carbocycles. The van der Waals surface area contributed by atoms with E-state index < -0.39 is 0 Å². The third-order valence-corrected chi connectivity index (χ3v) is 4.25. The van der Waals surface area contributed by atoms with Gasteiger partial charge in [-0.15, -0.1) is 0 Å². The molecule has 0 amide bonds. The Bertz CT molecular complexity index is 599. The molecule has 3 nitrogen and oxygen atoms in total. The Morgan fingerprint density at radius 3 is 2.47 bits per heavy atom. The lowest BCUT2D eigenvalue weighted by Crippen LogP contribution is -2.00. The number of benzene rings is 2. The molecule has 5 heteroatoms. The first-order valence-electron chi connectivity index (χ1n) is 5.51. The van der Waals surface area contributed by atoms with E-state index in [2.05, 4.69) is 27.3 Å². The fourth-order valence-corrected chi connectivity index (χ4v) is 2.87. The lowest BCUT2D eigenvalue weighted by atomic mass is 10.2. The van der Waals surface area contributed by atoms with Crippen LogP contribution in [0, 0.1) is 3.57 Å². The quantitative estimate of drug-likeness (QED) is 0.496. The predicted octanol–water partition coefficient (Wildman–Crippen LogP) is 3.81. The highest BCUT2D eigenvalue weighted by Crippen LogP contribution is 2.32. The van der Waals surface area contributed by atoms with Gasteiger partial charge in [0.05, 0.1) is 12.7 Å². The van der Waals surface area contributed by atoms with Crippen LogP contribution in [0.5, 0.6) is 0 Å². The first-order valence-corrected chi connectivity index (χ1v) is 7.41. The van der Waals surface area contributed by atoms with Crippen LogP contribution in [0.25, 0.3) is 0 Å². The van der Waals surface area contributed by atoms with Crippen molar-refractivity contribution in [2.45, 2.75) is 9.79 Å². The molecule has 0 bridgehead atoms. The summed E-state index contributed by atoms with van der Waals surface area (Å²) < 4.78 is 5.77. The first kappa shape index (κ1) is 14.2. The van der Waals surface area contributed by atoms with E-state index in [1.807, 2.05) is 30.3 Å². The zero-order valence-electron chi connectivity index (χ0n) is 10.2. The summed E-state index contributed by atoms with van der Waals surface area (Å²) in [4.78, 5) is 13.4. The van der Waals surface area contributed by atoms with Gasteiger partial charge < -0.3 is 10.5 Å². The number of methoxy groups -OCH3 is 1. The van der Waals surface area contributed by atoms with Crippen LogP contribution in [0.15, 0.2) is 52.3 Å². The van der Waals surface area contributed by atoms with Crippen molar-refractivity contribution in [1.29, 1.82) is 0 Å². The molecule has 0 fully saturated rings. The van der Waals surface area contributed by atoms with Crippen LogP contribution >= 0.6 is 34.4 Å². The van der Waals surface area contributed by atoms with Gasteiger partial charge in [-0.2, -0.15) is 0 Å². The van der Waals surface area contributed by atoms with Crippen molar-refractivity contribution in [3.63, 3.8) is 0 Å². The summed E-state index contributed by atoms with van der Waals surface area (Å²) in [7, 11) is 1.37. The predicted molar refractivity (Wildman–Crippen MR) is 85.5 cm³/mol. The number of carbonyl (C=O) groups is 1. The number of hydrogen-bond donors (Lipinski definition) is 1. The molecule has 0 aromatic heterocycles. The van der Waals surface area contributed by atoms with Gasteiger partial charge in [0.2, 0.25) is 0 Å². The maximum Gasteiger partial charge on any atom is 0.337 e. The summed E-state index contributed by atoms with van der Waals surface area (Å²) in [6, 6.07) is 13.2. The minimum absolute atomic E-state index is 0.328. The van der Waals surface area contributed by atoms with Crippen LogP contribution in [0.1, 0.15) is 10.4 Å². The van der Waals surface area contributed by atoms with E-state index in [4.69, 9.17) is 5.73 Å². The zero-order chi connectivity index (χ0) is 13.8. The number of ether oxygens (including phenoxy) is 1. The fraction of sp³-hybridized carbons (Fsp3) is 0.0714. The largest absolute Gasteiger partial charge is 0.465 e. The van der Waals surface area contributed by atoms with E-state index in [0.717, 1.165) is 19.0 Å². The highest BCUT2D eigenvalue weighted by atomic mass is 127. The number of halogens is 1. The van der Waals surface area contributed by atoms with Gasteiger partial charge in [0, 0.05) is 19.0 Å². The van der Waals surface area contributed by atoms with E-state index in [1.54, 1.807) is 23.9 Å². The van der Waals surface area contributed by atoms with Crippen LogP contribution in [0.3, 0.4) is 0 Å². The van der Waals surface area contributed by atoms with Gasteiger partial charge in [0.15, 0.2) is 0 Å². The van der Waals surface area contributed by atoms with Crippen LogP contribution < -0.4 is 5.73 Å². The topological polar surface area (TPSA) is 52.3 Å². The maximum atomic E-state index is 11.3. The number of hydrogen-bond acceptors (Lipinski definition) is 4. The average molecular weight is 385 g/mol. The van der Waals surface area contributed by atoms with E-state index >= 15 is 0 Å². The highest BCUT2D eigenvalue weighted by molar-refractivity contribution is 14.1. The van der Waals surface area contributed by atoms with Crippen LogP contribution in [-0.2, 0) is 4.74 Å². The molecule has 0 saturated carbocycles. The van der Waals surface area contributed by atoms with Gasteiger partial charge in [-0.3, -0.25) is 0 Å². The average Bonchev–Trinajstić information content (AvgIpc) is 2.42. The zero-order valence-corrected chi connectivity index (χ0v) is 13.2. The Morgan fingerprint density at radius 2 is 1.89 bits per heavy atom. The number of rotatable bonds is 3. The van der Waals surface area contributed by atoms with Crippen molar-refractivity contribution in [2.24, 2.45) is 0 Å². The van der Waals surface area contributed by atoms with Gasteiger partial charge in [-0.1, -0.05) is 11.8 Å². The molecule has 0 aliphatic carbocycles. The molecular formula is C14H12INO2S.